The van der Waals surface area contributed by atoms with Crippen LogP contribution in [0.25, 0.3) is 0 Å². The summed E-state index contributed by atoms with van der Waals surface area (Å²) in [7, 11) is -3.73. The van der Waals surface area contributed by atoms with E-state index < -0.39 is 15.8 Å². The van der Waals surface area contributed by atoms with Crippen molar-refractivity contribution in [2.24, 2.45) is 0 Å². The van der Waals surface area contributed by atoms with E-state index in [2.05, 4.69) is 4.72 Å². The molecule has 2 aromatic carbocycles. The summed E-state index contributed by atoms with van der Waals surface area (Å²) in [6.07, 6.45) is 0. The Labute approximate surface area is 130 Å². The van der Waals surface area contributed by atoms with Crippen molar-refractivity contribution in [2.75, 3.05) is 4.72 Å². The standard InChI is InChI=1S/C13H10ClF2NO2S2/c14-9-1-7-12(8-2-9)21(18,19)17-10-3-5-11(6-4-10)20-13(15)16/h1-8,13,17H. The van der Waals surface area contributed by atoms with Crippen molar-refractivity contribution in [3.63, 3.8) is 0 Å². The number of alkyl halides is 2. The van der Waals surface area contributed by atoms with E-state index in [1.807, 2.05) is 0 Å². The lowest BCUT2D eigenvalue weighted by molar-refractivity contribution is 0.252. The van der Waals surface area contributed by atoms with Crippen molar-refractivity contribution in [2.45, 2.75) is 15.5 Å². The number of anilines is 1. The van der Waals surface area contributed by atoms with Crippen molar-refractivity contribution in [3.05, 3.63) is 53.6 Å². The van der Waals surface area contributed by atoms with Gasteiger partial charge in [0.15, 0.2) is 0 Å². The molecule has 3 nitrogen and oxygen atoms in total. The molecule has 0 radical (unpaired) electrons. The van der Waals surface area contributed by atoms with Crippen LogP contribution >= 0.6 is 23.4 Å². The molecule has 112 valence electrons. The number of hydrogen-bond acceptors (Lipinski definition) is 3. The Morgan fingerprint density at radius 1 is 1.00 bits per heavy atom. The van der Waals surface area contributed by atoms with Gasteiger partial charge < -0.3 is 0 Å². The highest BCUT2D eigenvalue weighted by molar-refractivity contribution is 7.99. The quantitative estimate of drug-likeness (QED) is 0.811. The lowest BCUT2D eigenvalue weighted by Crippen LogP contribution is -2.12. The SMILES string of the molecule is O=S(=O)(Nc1ccc(SC(F)F)cc1)c1ccc(Cl)cc1. The summed E-state index contributed by atoms with van der Waals surface area (Å²) >= 11 is 6.10. The highest BCUT2D eigenvalue weighted by Crippen LogP contribution is 2.27. The van der Waals surface area contributed by atoms with Crippen LogP contribution in [0.3, 0.4) is 0 Å². The number of thioether (sulfide) groups is 1. The second-order valence-electron chi connectivity index (χ2n) is 3.96. The third-order valence-corrected chi connectivity index (χ3v) is 4.83. The van der Waals surface area contributed by atoms with E-state index in [1.165, 1.54) is 48.5 Å². The minimum Gasteiger partial charge on any atom is -0.280 e. The van der Waals surface area contributed by atoms with Gasteiger partial charge in [-0.2, -0.15) is 8.78 Å². The normalized spacial score (nSPS) is 11.6. The Balaban J connectivity index is 2.15. The topological polar surface area (TPSA) is 46.2 Å². The summed E-state index contributed by atoms with van der Waals surface area (Å²) < 4.78 is 50.9. The fourth-order valence-electron chi connectivity index (χ4n) is 1.53. The Bertz CT molecular complexity index is 704. The zero-order valence-electron chi connectivity index (χ0n) is 10.5. The van der Waals surface area contributed by atoms with Crippen molar-refractivity contribution < 1.29 is 17.2 Å². The van der Waals surface area contributed by atoms with E-state index in [1.54, 1.807) is 0 Å². The molecule has 0 spiro atoms. The molecule has 2 rings (SSSR count). The van der Waals surface area contributed by atoms with E-state index in [4.69, 9.17) is 11.6 Å². The lowest BCUT2D eigenvalue weighted by Gasteiger charge is -2.09. The van der Waals surface area contributed by atoms with Gasteiger partial charge in [-0.15, -0.1) is 0 Å². The maximum atomic E-state index is 12.2. The van der Waals surface area contributed by atoms with Crippen LogP contribution in [0.4, 0.5) is 14.5 Å². The summed E-state index contributed by atoms with van der Waals surface area (Å²) in [6, 6.07) is 11.4. The van der Waals surface area contributed by atoms with Gasteiger partial charge in [-0.05, 0) is 48.5 Å². The first-order valence-corrected chi connectivity index (χ1v) is 8.44. The maximum Gasteiger partial charge on any atom is 0.288 e. The molecule has 0 bridgehead atoms. The molecule has 0 atom stereocenters. The molecule has 0 unspecified atom stereocenters. The van der Waals surface area contributed by atoms with Crippen molar-refractivity contribution in [3.8, 4) is 0 Å². The molecule has 0 amide bonds. The third-order valence-electron chi connectivity index (χ3n) is 2.46. The number of hydrogen-bond donors (Lipinski definition) is 1. The first-order chi connectivity index (χ1) is 9.87. The largest absolute Gasteiger partial charge is 0.288 e. The Morgan fingerprint density at radius 2 is 1.57 bits per heavy atom. The van der Waals surface area contributed by atoms with Crippen LogP contribution in [-0.2, 0) is 10.0 Å². The molecule has 0 aromatic heterocycles. The van der Waals surface area contributed by atoms with Gasteiger partial charge in [-0.25, -0.2) is 8.42 Å². The molecule has 1 N–H and O–H groups in total. The lowest BCUT2D eigenvalue weighted by atomic mass is 10.3. The Morgan fingerprint density at radius 3 is 2.10 bits per heavy atom. The number of sulfonamides is 1. The van der Waals surface area contributed by atoms with Gasteiger partial charge in [0.05, 0.1) is 4.90 Å². The van der Waals surface area contributed by atoms with Crippen molar-refractivity contribution in [1.82, 2.24) is 0 Å². The summed E-state index contributed by atoms with van der Waals surface area (Å²) in [4.78, 5) is 0.428. The number of halogens is 3. The molecule has 0 aliphatic carbocycles. The molecular weight excluding hydrogens is 340 g/mol. The van der Waals surface area contributed by atoms with Crippen LogP contribution in [0, 0.1) is 0 Å². The highest BCUT2D eigenvalue weighted by atomic mass is 35.5. The van der Waals surface area contributed by atoms with Gasteiger partial charge in [0.2, 0.25) is 0 Å². The monoisotopic (exact) mass is 349 g/mol. The van der Waals surface area contributed by atoms with Crippen LogP contribution in [0.2, 0.25) is 5.02 Å². The van der Waals surface area contributed by atoms with Crippen LogP contribution in [0.15, 0.2) is 58.3 Å². The predicted octanol–water partition coefficient (Wildman–Crippen LogP) is 4.46. The highest BCUT2D eigenvalue weighted by Gasteiger charge is 2.14. The summed E-state index contributed by atoms with van der Waals surface area (Å²) in [5.41, 5.74) is 0.295. The van der Waals surface area contributed by atoms with Gasteiger partial charge in [0.25, 0.3) is 15.8 Å². The van der Waals surface area contributed by atoms with E-state index in [0.717, 1.165) is 0 Å². The molecule has 8 heteroatoms. The predicted molar refractivity (Wildman–Crippen MR) is 80.6 cm³/mol. The van der Waals surface area contributed by atoms with Crippen LogP contribution in [0.5, 0.6) is 0 Å². The fourth-order valence-corrected chi connectivity index (χ4v) is 3.22. The maximum absolute atomic E-state index is 12.2. The number of rotatable bonds is 5. The number of benzene rings is 2. The van der Waals surface area contributed by atoms with Gasteiger partial charge in [0.1, 0.15) is 0 Å². The average molecular weight is 350 g/mol. The van der Waals surface area contributed by atoms with E-state index in [0.29, 0.717) is 27.4 Å². The first kappa shape index (κ1) is 16.1. The van der Waals surface area contributed by atoms with Gasteiger partial charge >= 0.3 is 0 Å². The van der Waals surface area contributed by atoms with Crippen molar-refractivity contribution in [1.29, 1.82) is 0 Å². The van der Waals surface area contributed by atoms with E-state index >= 15 is 0 Å². The first-order valence-electron chi connectivity index (χ1n) is 5.70. The average Bonchev–Trinajstić information content (AvgIpc) is 2.40. The molecule has 0 fully saturated rings. The minimum atomic E-state index is -3.73. The molecular formula is C13H10ClF2NO2S2. The fraction of sp³-hybridized carbons (Fsp3) is 0.0769. The number of nitrogens with one attached hydrogen (secondary N) is 1. The zero-order chi connectivity index (χ0) is 15.5. The van der Waals surface area contributed by atoms with Gasteiger partial charge in [0, 0.05) is 15.6 Å². The molecule has 0 aliphatic heterocycles. The Hall–Kier alpha value is -1.31. The molecule has 0 saturated heterocycles. The van der Waals surface area contributed by atoms with Crippen LogP contribution < -0.4 is 4.72 Å². The van der Waals surface area contributed by atoms with Gasteiger partial charge in [-0.3, -0.25) is 4.72 Å². The molecule has 21 heavy (non-hydrogen) atoms. The summed E-state index contributed by atoms with van der Waals surface area (Å²) in [6.45, 7) is 0. The van der Waals surface area contributed by atoms with Crippen LogP contribution in [-0.4, -0.2) is 14.2 Å². The second kappa shape index (κ2) is 6.64. The summed E-state index contributed by atoms with van der Waals surface area (Å²) in [5.74, 6) is -2.51. The molecule has 2 aromatic rings. The third kappa shape index (κ3) is 4.59. The zero-order valence-corrected chi connectivity index (χ0v) is 12.9. The van der Waals surface area contributed by atoms with E-state index in [9.17, 15) is 17.2 Å². The molecule has 0 saturated carbocycles. The minimum absolute atomic E-state index is 0.0675. The smallest absolute Gasteiger partial charge is 0.280 e. The molecule has 0 heterocycles. The second-order valence-corrected chi connectivity index (χ2v) is 7.14. The van der Waals surface area contributed by atoms with Gasteiger partial charge in [-0.1, -0.05) is 23.4 Å². The molecule has 0 aliphatic rings. The Kier molecular flexibility index (Phi) is 5.08. The van der Waals surface area contributed by atoms with E-state index in [-0.39, 0.29) is 4.90 Å². The van der Waals surface area contributed by atoms with Crippen molar-refractivity contribution >= 4 is 39.1 Å². The van der Waals surface area contributed by atoms with Crippen LogP contribution in [0.1, 0.15) is 0 Å². The summed E-state index contributed by atoms with van der Waals surface area (Å²) in [5, 5.41) is 0.433.